The van der Waals surface area contributed by atoms with Crippen LogP contribution in [-0.4, -0.2) is 19.8 Å². The van der Waals surface area contributed by atoms with E-state index in [1.165, 1.54) is 12.0 Å². The van der Waals surface area contributed by atoms with Crippen LogP contribution in [0.4, 0.5) is 0 Å². The van der Waals surface area contributed by atoms with Crippen LogP contribution in [0.3, 0.4) is 0 Å². The molecule has 0 aromatic heterocycles. The van der Waals surface area contributed by atoms with Crippen molar-refractivity contribution in [1.82, 2.24) is 5.32 Å². The summed E-state index contributed by atoms with van der Waals surface area (Å²) in [6.07, 6.45) is 3.48. The number of ether oxygens (including phenoxy) is 2. The van der Waals surface area contributed by atoms with E-state index >= 15 is 0 Å². The second-order valence-corrected chi connectivity index (χ2v) is 6.85. The Hall–Kier alpha value is -0.740. The molecule has 0 fully saturated rings. The van der Waals surface area contributed by atoms with Crippen LogP contribution >= 0.6 is 15.9 Å². The summed E-state index contributed by atoms with van der Waals surface area (Å²) in [6.45, 7) is 9.04. The molecule has 3 nitrogen and oxygen atoms in total. The van der Waals surface area contributed by atoms with Crippen molar-refractivity contribution in [3.05, 3.63) is 22.2 Å². The second-order valence-electron chi connectivity index (χ2n) is 6.00. The second kappa shape index (κ2) is 8.04. The fourth-order valence-electron chi connectivity index (χ4n) is 2.53. The highest BCUT2D eigenvalue weighted by Crippen LogP contribution is 2.39. The summed E-state index contributed by atoms with van der Waals surface area (Å²) in [7, 11) is 0. The van der Waals surface area contributed by atoms with Crippen molar-refractivity contribution in [3.8, 4) is 11.5 Å². The van der Waals surface area contributed by atoms with E-state index in [1.807, 2.05) is 6.07 Å². The SMILES string of the molecule is CCCNC(CCC(C)C)c1cc2c(cc1Br)OCCO2. The number of halogens is 1. The van der Waals surface area contributed by atoms with Gasteiger partial charge in [-0.25, -0.2) is 0 Å². The average molecular weight is 356 g/mol. The Balaban J connectivity index is 2.20. The highest BCUT2D eigenvalue weighted by atomic mass is 79.9. The van der Waals surface area contributed by atoms with Gasteiger partial charge in [-0.15, -0.1) is 0 Å². The van der Waals surface area contributed by atoms with E-state index in [0.717, 1.165) is 35.4 Å². The Morgan fingerprint density at radius 2 is 1.81 bits per heavy atom. The van der Waals surface area contributed by atoms with E-state index in [9.17, 15) is 0 Å². The van der Waals surface area contributed by atoms with E-state index in [4.69, 9.17) is 9.47 Å². The smallest absolute Gasteiger partial charge is 0.162 e. The lowest BCUT2D eigenvalue weighted by Crippen LogP contribution is -2.23. The number of rotatable bonds is 7. The first-order chi connectivity index (χ1) is 10.1. The van der Waals surface area contributed by atoms with Crippen molar-refractivity contribution < 1.29 is 9.47 Å². The van der Waals surface area contributed by atoms with Crippen molar-refractivity contribution in [1.29, 1.82) is 0 Å². The molecule has 1 aliphatic heterocycles. The van der Waals surface area contributed by atoms with Crippen molar-refractivity contribution in [3.63, 3.8) is 0 Å². The molecule has 1 aliphatic rings. The van der Waals surface area contributed by atoms with Gasteiger partial charge in [0.25, 0.3) is 0 Å². The quantitative estimate of drug-likeness (QED) is 0.768. The summed E-state index contributed by atoms with van der Waals surface area (Å²) in [5.74, 6) is 2.43. The standard InChI is InChI=1S/C17H26BrNO2/c1-4-7-19-15(6-5-12(2)3)13-10-16-17(11-14(13)18)21-9-8-20-16/h10-12,15,19H,4-9H2,1-3H3. The molecule has 1 atom stereocenters. The van der Waals surface area contributed by atoms with Gasteiger partial charge < -0.3 is 14.8 Å². The minimum absolute atomic E-state index is 0.359. The number of benzene rings is 1. The first-order valence-corrected chi connectivity index (χ1v) is 8.73. The maximum Gasteiger partial charge on any atom is 0.162 e. The van der Waals surface area contributed by atoms with Gasteiger partial charge in [-0.05, 0) is 49.4 Å². The zero-order chi connectivity index (χ0) is 15.2. The molecule has 1 aromatic carbocycles. The molecular formula is C17H26BrNO2. The highest BCUT2D eigenvalue weighted by molar-refractivity contribution is 9.10. The zero-order valence-electron chi connectivity index (χ0n) is 13.2. The van der Waals surface area contributed by atoms with Crippen LogP contribution in [-0.2, 0) is 0 Å². The molecule has 1 heterocycles. The molecule has 0 spiro atoms. The lowest BCUT2D eigenvalue weighted by molar-refractivity contribution is 0.171. The molecule has 118 valence electrons. The van der Waals surface area contributed by atoms with Gasteiger partial charge >= 0.3 is 0 Å². The Labute approximate surface area is 136 Å². The summed E-state index contributed by atoms with van der Waals surface area (Å²) >= 11 is 3.70. The van der Waals surface area contributed by atoms with Crippen LogP contribution < -0.4 is 14.8 Å². The highest BCUT2D eigenvalue weighted by Gasteiger charge is 2.20. The van der Waals surface area contributed by atoms with Gasteiger partial charge in [0, 0.05) is 10.5 Å². The Morgan fingerprint density at radius 1 is 1.14 bits per heavy atom. The zero-order valence-corrected chi connectivity index (χ0v) is 14.8. The largest absolute Gasteiger partial charge is 0.486 e. The predicted octanol–water partition coefficient (Wildman–Crippen LogP) is 4.70. The molecule has 0 bridgehead atoms. The monoisotopic (exact) mass is 355 g/mol. The molecule has 0 radical (unpaired) electrons. The van der Waals surface area contributed by atoms with Gasteiger partial charge in [0.15, 0.2) is 11.5 Å². The molecule has 21 heavy (non-hydrogen) atoms. The lowest BCUT2D eigenvalue weighted by atomic mass is 9.97. The number of nitrogens with one attached hydrogen (secondary N) is 1. The normalized spacial score (nSPS) is 15.3. The first kappa shape index (κ1) is 16.6. The average Bonchev–Trinajstić information content (AvgIpc) is 2.47. The topological polar surface area (TPSA) is 30.5 Å². The minimum Gasteiger partial charge on any atom is -0.486 e. The molecule has 1 aromatic rings. The number of fused-ring (bicyclic) bond motifs is 1. The maximum absolute atomic E-state index is 5.73. The third-order valence-corrected chi connectivity index (χ3v) is 4.40. The third kappa shape index (κ3) is 4.62. The Kier molecular flexibility index (Phi) is 6.37. The van der Waals surface area contributed by atoms with E-state index in [2.05, 4.69) is 48.1 Å². The molecule has 0 amide bonds. The van der Waals surface area contributed by atoms with E-state index < -0.39 is 0 Å². The summed E-state index contributed by atoms with van der Waals surface area (Å²) < 4.78 is 12.5. The van der Waals surface area contributed by atoms with Crippen LogP contribution in [0.2, 0.25) is 0 Å². The molecule has 2 rings (SSSR count). The van der Waals surface area contributed by atoms with Gasteiger partial charge in [0.1, 0.15) is 13.2 Å². The van der Waals surface area contributed by atoms with Gasteiger partial charge in [-0.2, -0.15) is 0 Å². The van der Waals surface area contributed by atoms with Crippen molar-refractivity contribution in [2.45, 2.75) is 46.1 Å². The molecule has 0 aliphatic carbocycles. The summed E-state index contributed by atoms with van der Waals surface area (Å²) in [5.41, 5.74) is 1.27. The van der Waals surface area contributed by atoms with Crippen molar-refractivity contribution >= 4 is 15.9 Å². The van der Waals surface area contributed by atoms with Gasteiger partial charge in [0.2, 0.25) is 0 Å². The fourth-order valence-corrected chi connectivity index (χ4v) is 3.13. The van der Waals surface area contributed by atoms with Crippen molar-refractivity contribution in [2.75, 3.05) is 19.8 Å². The van der Waals surface area contributed by atoms with Crippen LogP contribution in [0.1, 0.15) is 51.6 Å². The van der Waals surface area contributed by atoms with E-state index in [0.29, 0.717) is 25.2 Å². The predicted molar refractivity (Wildman–Crippen MR) is 90.2 cm³/mol. The summed E-state index contributed by atoms with van der Waals surface area (Å²) in [6, 6.07) is 4.53. The van der Waals surface area contributed by atoms with Crippen LogP contribution in [0.15, 0.2) is 16.6 Å². The van der Waals surface area contributed by atoms with Crippen LogP contribution in [0, 0.1) is 5.92 Å². The first-order valence-electron chi connectivity index (χ1n) is 7.94. The van der Waals surface area contributed by atoms with E-state index in [1.54, 1.807) is 0 Å². The molecule has 4 heteroatoms. The van der Waals surface area contributed by atoms with Crippen LogP contribution in [0.5, 0.6) is 11.5 Å². The molecule has 0 saturated carbocycles. The Bertz CT molecular complexity index is 462. The minimum atomic E-state index is 0.359. The van der Waals surface area contributed by atoms with Gasteiger partial charge in [-0.3, -0.25) is 0 Å². The molecular weight excluding hydrogens is 330 g/mol. The fraction of sp³-hybridized carbons (Fsp3) is 0.647. The van der Waals surface area contributed by atoms with E-state index in [-0.39, 0.29) is 0 Å². The van der Waals surface area contributed by atoms with Crippen LogP contribution in [0.25, 0.3) is 0 Å². The Morgan fingerprint density at radius 3 is 2.43 bits per heavy atom. The molecule has 0 saturated heterocycles. The van der Waals surface area contributed by atoms with Gasteiger partial charge in [-0.1, -0.05) is 36.7 Å². The third-order valence-electron chi connectivity index (χ3n) is 3.71. The molecule has 1 N–H and O–H groups in total. The lowest BCUT2D eigenvalue weighted by Gasteiger charge is -2.25. The number of hydrogen-bond acceptors (Lipinski definition) is 3. The van der Waals surface area contributed by atoms with Gasteiger partial charge in [0.05, 0.1) is 0 Å². The number of hydrogen-bond donors (Lipinski definition) is 1. The summed E-state index contributed by atoms with van der Waals surface area (Å²) in [4.78, 5) is 0. The molecule has 1 unspecified atom stereocenters. The maximum atomic E-state index is 5.73. The van der Waals surface area contributed by atoms with Crippen molar-refractivity contribution in [2.24, 2.45) is 5.92 Å². The summed E-state index contributed by atoms with van der Waals surface area (Å²) in [5, 5.41) is 3.66.